The molecule has 2 aromatic carbocycles. The molecule has 2 saturated heterocycles. The van der Waals surface area contributed by atoms with Crippen LogP contribution in [-0.4, -0.2) is 78.5 Å². The fourth-order valence-electron chi connectivity index (χ4n) is 5.67. The SMILES string of the molecule is CC(=O)N1CCN(c2cc3c(=O)c(C(=O)NCCN4CCCC4)cn4c3c(c2F)Oc2cc(Cl)ccc2-4)CC1. The molecule has 2 fully saturated rings. The van der Waals surface area contributed by atoms with E-state index >= 15 is 4.39 Å². The minimum atomic E-state index is -0.611. The van der Waals surface area contributed by atoms with E-state index in [1.165, 1.54) is 19.2 Å². The lowest BCUT2D eigenvalue weighted by Crippen LogP contribution is -2.48. The van der Waals surface area contributed by atoms with Gasteiger partial charge in [0.2, 0.25) is 11.3 Å². The Bertz CT molecular complexity index is 1540. The summed E-state index contributed by atoms with van der Waals surface area (Å²) in [7, 11) is 0. The van der Waals surface area contributed by atoms with Gasteiger partial charge in [0.05, 0.1) is 16.8 Å². The molecular formula is C28H29ClFN5O4. The van der Waals surface area contributed by atoms with Gasteiger partial charge in [-0.2, -0.15) is 0 Å². The zero-order chi connectivity index (χ0) is 27.3. The molecule has 0 atom stereocenters. The van der Waals surface area contributed by atoms with Crippen LogP contribution in [0.25, 0.3) is 16.6 Å². The topological polar surface area (TPSA) is 87.1 Å². The number of rotatable bonds is 5. The second-order valence-electron chi connectivity index (χ2n) is 10.2. The van der Waals surface area contributed by atoms with Gasteiger partial charge in [0.15, 0.2) is 17.3 Å². The summed E-state index contributed by atoms with van der Waals surface area (Å²) in [6.45, 7) is 6.33. The Balaban J connectivity index is 1.44. The molecule has 0 radical (unpaired) electrons. The number of nitrogens with zero attached hydrogens (tertiary/aromatic N) is 4. The van der Waals surface area contributed by atoms with Gasteiger partial charge in [-0.3, -0.25) is 14.4 Å². The van der Waals surface area contributed by atoms with Gasteiger partial charge in [-0.15, -0.1) is 0 Å². The molecule has 204 valence electrons. The number of amides is 2. The number of ether oxygens (including phenoxy) is 1. The normalized spacial score (nSPS) is 16.8. The molecule has 0 aliphatic carbocycles. The van der Waals surface area contributed by atoms with Crippen molar-refractivity contribution < 1.29 is 18.7 Å². The van der Waals surface area contributed by atoms with E-state index in [0.29, 0.717) is 55.7 Å². The highest BCUT2D eigenvalue weighted by atomic mass is 35.5. The standard InChI is InChI=1S/C28H29ClFN5O4/c1-17(36)33-10-12-34(13-11-33)22-15-19-25-27(24(22)30)39-23-14-18(29)4-5-21(23)35(25)16-20(26(19)37)28(38)31-6-9-32-7-2-3-8-32/h4-5,14-16H,2-3,6-13H2,1H3,(H,31,38). The van der Waals surface area contributed by atoms with Gasteiger partial charge in [-0.25, -0.2) is 4.39 Å². The summed E-state index contributed by atoms with van der Waals surface area (Å²) in [5.74, 6) is -0.902. The van der Waals surface area contributed by atoms with Crippen molar-refractivity contribution in [3.8, 4) is 17.2 Å². The number of piperazine rings is 1. The summed E-state index contributed by atoms with van der Waals surface area (Å²) in [4.78, 5) is 44.6. The van der Waals surface area contributed by atoms with Crippen LogP contribution in [-0.2, 0) is 4.79 Å². The van der Waals surface area contributed by atoms with Gasteiger partial charge in [-0.1, -0.05) is 11.6 Å². The maximum Gasteiger partial charge on any atom is 0.256 e. The van der Waals surface area contributed by atoms with Gasteiger partial charge in [-0.05, 0) is 44.1 Å². The van der Waals surface area contributed by atoms with Gasteiger partial charge in [0.1, 0.15) is 11.1 Å². The van der Waals surface area contributed by atoms with E-state index in [0.717, 1.165) is 25.9 Å². The summed E-state index contributed by atoms with van der Waals surface area (Å²) >= 11 is 6.21. The molecule has 0 saturated carbocycles. The first-order chi connectivity index (χ1) is 18.8. The van der Waals surface area contributed by atoms with Crippen molar-refractivity contribution in [1.29, 1.82) is 0 Å². The van der Waals surface area contributed by atoms with Crippen LogP contribution in [0.4, 0.5) is 10.1 Å². The molecule has 0 spiro atoms. The molecule has 1 N–H and O–H groups in total. The molecule has 11 heteroatoms. The number of carbonyl (C=O) groups excluding carboxylic acids is 2. The van der Waals surface area contributed by atoms with E-state index in [1.54, 1.807) is 32.6 Å². The maximum atomic E-state index is 16.1. The van der Waals surface area contributed by atoms with E-state index < -0.39 is 17.2 Å². The Morgan fingerprint density at radius 1 is 1.05 bits per heavy atom. The van der Waals surface area contributed by atoms with Crippen LogP contribution in [0.3, 0.4) is 0 Å². The number of pyridine rings is 1. The van der Waals surface area contributed by atoms with Crippen molar-refractivity contribution >= 4 is 40.0 Å². The number of halogens is 2. The summed E-state index contributed by atoms with van der Waals surface area (Å²) in [6.07, 6.45) is 3.76. The van der Waals surface area contributed by atoms with E-state index in [9.17, 15) is 14.4 Å². The number of fused-ring (bicyclic) bond motifs is 2. The Morgan fingerprint density at radius 2 is 1.79 bits per heavy atom. The second-order valence-corrected chi connectivity index (χ2v) is 10.6. The third-order valence-electron chi connectivity index (χ3n) is 7.78. The van der Waals surface area contributed by atoms with E-state index in [-0.39, 0.29) is 33.8 Å². The van der Waals surface area contributed by atoms with Crippen LogP contribution in [0.5, 0.6) is 11.5 Å². The second kappa shape index (κ2) is 10.2. The van der Waals surface area contributed by atoms with Crippen LogP contribution in [0.2, 0.25) is 5.02 Å². The van der Waals surface area contributed by atoms with Crippen molar-refractivity contribution in [1.82, 2.24) is 19.7 Å². The molecule has 6 rings (SSSR count). The Morgan fingerprint density at radius 3 is 2.51 bits per heavy atom. The first-order valence-corrected chi connectivity index (χ1v) is 13.6. The largest absolute Gasteiger partial charge is 0.450 e. The monoisotopic (exact) mass is 553 g/mol. The Kier molecular flexibility index (Phi) is 6.68. The quantitative estimate of drug-likeness (QED) is 0.408. The van der Waals surface area contributed by atoms with Crippen molar-refractivity contribution in [2.45, 2.75) is 19.8 Å². The van der Waals surface area contributed by atoms with Crippen LogP contribution in [0.15, 0.2) is 35.3 Å². The first kappa shape index (κ1) is 25.6. The highest BCUT2D eigenvalue weighted by Gasteiger charge is 2.31. The number of carbonyl (C=O) groups is 2. The molecule has 2 amide bonds. The molecule has 0 unspecified atom stereocenters. The number of hydrogen-bond donors (Lipinski definition) is 1. The molecule has 3 aliphatic rings. The van der Waals surface area contributed by atoms with E-state index in [4.69, 9.17) is 16.3 Å². The predicted octanol–water partition coefficient (Wildman–Crippen LogP) is 3.38. The minimum absolute atomic E-state index is 0.0309. The lowest BCUT2D eigenvalue weighted by atomic mass is 10.1. The fraction of sp³-hybridized carbons (Fsp3) is 0.393. The Labute approximate surface area is 229 Å². The average Bonchev–Trinajstić information content (AvgIpc) is 3.44. The highest BCUT2D eigenvalue weighted by molar-refractivity contribution is 6.30. The molecular weight excluding hydrogens is 525 g/mol. The number of hydrogen-bond acceptors (Lipinski definition) is 6. The van der Waals surface area contributed by atoms with Crippen molar-refractivity contribution in [3.63, 3.8) is 0 Å². The third kappa shape index (κ3) is 4.61. The lowest BCUT2D eigenvalue weighted by molar-refractivity contribution is -0.129. The maximum absolute atomic E-state index is 16.1. The van der Waals surface area contributed by atoms with Crippen molar-refractivity contribution in [2.75, 3.05) is 57.3 Å². The number of aromatic nitrogens is 1. The van der Waals surface area contributed by atoms with Gasteiger partial charge in [0.25, 0.3) is 5.91 Å². The minimum Gasteiger partial charge on any atom is -0.450 e. The summed E-state index contributed by atoms with van der Waals surface area (Å²) in [5.41, 5.74) is 0.473. The van der Waals surface area contributed by atoms with Crippen molar-refractivity contribution in [3.05, 3.63) is 57.1 Å². The van der Waals surface area contributed by atoms with Gasteiger partial charge < -0.3 is 29.3 Å². The molecule has 0 bridgehead atoms. The lowest BCUT2D eigenvalue weighted by Gasteiger charge is -2.36. The molecule has 9 nitrogen and oxygen atoms in total. The summed E-state index contributed by atoms with van der Waals surface area (Å²) in [5, 5.41) is 3.48. The third-order valence-corrected chi connectivity index (χ3v) is 8.01. The summed E-state index contributed by atoms with van der Waals surface area (Å²) in [6, 6.07) is 6.47. The van der Waals surface area contributed by atoms with E-state index in [1.807, 2.05) is 0 Å². The zero-order valence-electron chi connectivity index (χ0n) is 21.6. The highest BCUT2D eigenvalue weighted by Crippen LogP contribution is 2.45. The molecule has 3 aromatic rings. The molecule has 1 aromatic heterocycles. The van der Waals surface area contributed by atoms with Crippen LogP contribution < -0.4 is 20.4 Å². The van der Waals surface area contributed by atoms with Crippen LogP contribution in [0, 0.1) is 5.82 Å². The van der Waals surface area contributed by atoms with Crippen LogP contribution >= 0.6 is 11.6 Å². The van der Waals surface area contributed by atoms with Crippen molar-refractivity contribution in [2.24, 2.45) is 0 Å². The number of likely N-dealkylation sites (tertiary alicyclic amines) is 1. The number of benzene rings is 2. The fourth-order valence-corrected chi connectivity index (χ4v) is 5.83. The average molecular weight is 554 g/mol. The predicted molar refractivity (Wildman–Crippen MR) is 147 cm³/mol. The first-order valence-electron chi connectivity index (χ1n) is 13.2. The van der Waals surface area contributed by atoms with E-state index in [2.05, 4.69) is 10.2 Å². The number of anilines is 1. The molecule has 4 heterocycles. The zero-order valence-corrected chi connectivity index (χ0v) is 22.4. The smallest absolute Gasteiger partial charge is 0.256 e. The van der Waals surface area contributed by atoms with Gasteiger partial charge >= 0.3 is 0 Å². The van der Waals surface area contributed by atoms with Crippen LogP contribution in [0.1, 0.15) is 30.1 Å². The summed E-state index contributed by atoms with van der Waals surface area (Å²) < 4.78 is 23.7. The number of nitrogens with one attached hydrogen (secondary N) is 1. The molecule has 39 heavy (non-hydrogen) atoms. The van der Waals surface area contributed by atoms with Gasteiger partial charge in [0, 0.05) is 63.5 Å². The Hall–Kier alpha value is -3.63. The molecule has 3 aliphatic heterocycles.